The number of aliphatic hydroxyl groups is 1. The minimum absolute atomic E-state index is 0.104. The monoisotopic (exact) mass is 440 g/mol. The highest BCUT2D eigenvalue weighted by Gasteiger charge is 2.26. The van der Waals surface area contributed by atoms with Gasteiger partial charge in [-0.1, -0.05) is 0 Å². The highest BCUT2D eigenvalue weighted by atomic mass is 16.5. The van der Waals surface area contributed by atoms with Crippen molar-refractivity contribution in [3.05, 3.63) is 30.4 Å². The van der Waals surface area contributed by atoms with Gasteiger partial charge in [-0.15, -0.1) is 5.10 Å². The molecule has 2 atom stereocenters. The molecule has 0 unspecified atom stereocenters. The Morgan fingerprint density at radius 3 is 2.78 bits per heavy atom. The van der Waals surface area contributed by atoms with Crippen LogP contribution in [0.15, 0.2) is 24.7 Å². The number of nitrogens with one attached hydrogen (secondary N) is 1. The van der Waals surface area contributed by atoms with Crippen LogP contribution in [0, 0.1) is 0 Å². The molecule has 2 fully saturated rings. The minimum Gasteiger partial charge on any atom is -0.393 e. The fraction of sp³-hybridized carbons (Fsp3) is 0.609. The smallest absolute Gasteiger partial charge is 0.241 e. The lowest BCUT2D eigenvalue weighted by atomic mass is 9.85. The first kappa shape index (κ1) is 21.4. The average Bonchev–Trinajstić information content (AvgIpc) is 3.36. The molecule has 0 radical (unpaired) electrons. The Morgan fingerprint density at radius 2 is 2.06 bits per heavy atom. The molecule has 1 saturated heterocycles. The molecule has 0 amide bonds. The van der Waals surface area contributed by atoms with Crippen LogP contribution in [-0.4, -0.2) is 68.1 Å². The van der Waals surface area contributed by atoms with E-state index in [1.54, 1.807) is 7.11 Å². The number of methoxy groups -OCH3 is 1. The van der Waals surface area contributed by atoms with Crippen LogP contribution in [0.1, 0.15) is 50.6 Å². The van der Waals surface area contributed by atoms with E-state index in [1.807, 2.05) is 28.5 Å². The molecule has 9 heteroatoms. The zero-order valence-corrected chi connectivity index (χ0v) is 18.8. The molecule has 32 heavy (non-hydrogen) atoms. The Morgan fingerprint density at radius 1 is 1.25 bits per heavy atom. The molecular weight excluding hydrogens is 408 g/mol. The molecule has 0 bridgehead atoms. The van der Waals surface area contributed by atoms with Gasteiger partial charge < -0.3 is 19.9 Å². The van der Waals surface area contributed by atoms with Gasteiger partial charge in [0.15, 0.2) is 0 Å². The normalized spacial score (nSPS) is 24.4. The van der Waals surface area contributed by atoms with Crippen molar-refractivity contribution in [1.82, 2.24) is 24.4 Å². The number of ether oxygens (including phenoxy) is 2. The van der Waals surface area contributed by atoms with Crippen molar-refractivity contribution in [1.29, 1.82) is 0 Å². The van der Waals surface area contributed by atoms with Gasteiger partial charge in [0.2, 0.25) is 5.95 Å². The predicted octanol–water partition coefficient (Wildman–Crippen LogP) is 2.85. The highest BCUT2D eigenvalue weighted by molar-refractivity contribution is 5.81. The van der Waals surface area contributed by atoms with Crippen LogP contribution in [0.5, 0.6) is 0 Å². The summed E-state index contributed by atoms with van der Waals surface area (Å²) < 4.78 is 14.8. The van der Waals surface area contributed by atoms with E-state index in [-0.39, 0.29) is 18.2 Å². The van der Waals surface area contributed by atoms with Crippen molar-refractivity contribution in [3.63, 3.8) is 0 Å². The Hall–Kier alpha value is -2.49. The largest absolute Gasteiger partial charge is 0.393 e. The lowest BCUT2D eigenvalue weighted by molar-refractivity contribution is -0.0609. The summed E-state index contributed by atoms with van der Waals surface area (Å²) >= 11 is 0. The molecule has 1 saturated carbocycles. The molecule has 1 aliphatic carbocycles. The van der Waals surface area contributed by atoms with Gasteiger partial charge in [-0.2, -0.15) is 5.10 Å². The number of anilines is 1. The van der Waals surface area contributed by atoms with Crippen molar-refractivity contribution in [3.8, 4) is 11.1 Å². The van der Waals surface area contributed by atoms with E-state index in [0.717, 1.165) is 61.9 Å². The van der Waals surface area contributed by atoms with Gasteiger partial charge in [0.05, 0.1) is 43.3 Å². The number of aromatic nitrogens is 5. The zero-order chi connectivity index (χ0) is 22.1. The van der Waals surface area contributed by atoms with E-state index in [9.17, 15) is 5.11 Å². The molecule has 2 aliphatic rings. The Kier molecular flexibility index (Phi) is 6.12. The maximum atomic E-state index is 9.99. The highest BCUT2D eigenvalue weighted by Crippen LogP contribution is 2.37. The maximum Gasteiger partial charge on any atom is 0.241 e. The summed E-state index contributed by atoms with van der Waals surface area (Å²) in [5, 5.41) is 22.7. The maximum absolute atomic E-state index is 9.99. The van der Waals surface area contributed by atoms with Crippen molar-refractivity contribution >= 4 is 11.5 Å². The second-order valence-electron chi connectivity index (χ2n) is 9.10. The summed E-state index contributed by atoms with van der Waals surface area (Å²) in [5.74, 6) is 0.941. The standard InChI is InChI=1S/C23H32N6O3/c1-15(14-31-2)26-23-24-11-22-20(17-10-25-28(12-17)13-19-7-8-32-19)9-21(29(22)27-23)16-3-5-18(30)6-4-16/h9-12,15-16,18-19,30H,3-8,13-14H2,1-2H3,(H,26,27)/t15-,16?,18?,19+/m0/s1. The first-order valence-corrected chi connectivity index (χ1v) is 11.6. The van der Waals surface area contributed by atoms with E-state index in [2.05, 4.69) is 27.7 Å². The van der Waals surface area contributed by atoms with Gasteiger partial charge in [0.25, 0.3) is 0 Å². The van der Waals surface area contributed by atoms with E-state index in [0.29, 0.717) is 18.5 Å². The molecule has 9 nitrogen and oxygen atoms in total. The molecule has 3 aromatic heterocycles. The van der Waals surface area contributed by atoms with Crippen LogP contribution in [0.3, 0.4) is 0 Å². The lowest BCUT2D eigenvalue weighted by Crippen LogP contribution is -2.31. The molecule has 172 valence electrons. The van der Waals surface area contributed by atoms with Crippen LogP contribution >= 0.6 is 0 Å². The summed E-state index contributed by atoms with van der Waals surface area (Å²) in [6.45, 7) is 4.25. The predicted molar refractivity (Wildman–Crippen MR) is 121 cm³/mol. The van der Waals surface area contributed by atoms with Crippen LogP contribution in [0.4, 0.5) is 5.95 Å². The summed E-state index contributed by atoms with van der Waals surface area (Å²) in [7, 11) is 1.69. The summed E-state index contributed by atoms with van der Waals surface area (Å²) in [5.41, 5.74) is 4.28. The number of nitrogens with zero attached hydrogens (tertiary/aromatic N) is 5. The van der Waals surface area contributed by atoms with Crippen molar-refractivity contribution in [2.24, 2.45) is 0 Å². The van der Waals surface area contributed by atoms with Gasteiger partial charge in [-0.25, -0.2) is 9.50 Å². The van der Waals surface area contributed by atoms with Crippen molar-refractivity contribution in [2.45, 2.75) is 69.7 Å². The zero-order valence-electron chi connectivity index (χ0n) is 18.8. The molecule has 4 heterocycles. The van der Waals surface area contributed by atoms with Gasteiger partial charge >= 0.3 is 0 Å². The molecular formula is C23H32N6O3. The molecule has 2 N–H and O–H groups in total. The minimum atomic E-state index is -0.189. The quantitative estimate of drug-likeness (QED) is 0.556. The number of rotatable bonds is 8. The van der Waals surface area contributed by atoms with E-state index in [1.165, 1.54) is 5.69 Å². The number of hydrogen-bond acceptors (Lipinski definition) is 7. The third-order valence-electron chi connectivity index (χ3n) is 6.58. The Bertz CT molecular complexity index is 1050. The average molecular weight is 441 g/mol. The Balaban J connectivity index is 1.49. The Labute approximate surface area is 187 Å². The van der Waals surface area contributed by atoms with Crippen LogP contribution in [-0.2, 0) is 16.0 Å². The second-order valence-corrected chi connectivity index (χ2v) is 9.10. The third kappa shape index (κ3) is 4.37. The summed E-state index contributed by atoms with van der Waals surface area (Å²) in [4.78, 5) is 4.58. The molecule has 1 aliphatic heterocycles. The second kappa shape index (κ2) is 9.17. The molecule has 5 rings (SSSR count). The first-order chi connectivity index (χ1) is 15.6. The lowest BCUT2D eigenvalue weighted by Gasteiger charge is -2.25. The van der Waals surface area contributed by atoms with Crippen molar-refractivity contribution < 1.29 is 14.6 Å². The van der Waals surface area contributed by atoms with Gasteiger partial charge in [0.1, 0.15) is 0 Å². The molecule has 0 aromatic carbocycles. The summed E-state index contributed by atoms with van der Waals surface area (Å²) in [6, 6.07) is 2.34. The topological polar surface area (TPSA) is 98.7 Å². The van der Waals surface area contributed by atoms with E-state index in [4.69, 9.17) is 14.6 Å². The SMILES string of the molecule is COC[C@H](C)Nc1ncc2c(-c3cnn(C[C@H]4CCO4)c3)cc(C3CCC(O)CC3)n2n1. The van der Waals surface area contributed by atoms with Crippen LogP contribution in [0.25, 0.3) is 16.6 Å². The van der Waals surface area contributed by atoms with Gasteiger partial charge in [0, 0.05) is 48.7 Å². The van der Waals surface area contributed by atoms with Crippen LogP contribution < -0.4 is 5.32 Å². The number of aliphatic hydroxyl groups excluding tert-OH is 1. The fourth-order valence-corrected chi connectivity index (χ4v) is 4.73. The molecule has 0 spiro atoms. The van der Waals surface area contributed by atoms with Crippen LogP contribution in [0.2, 0.25) is 0 Å². The number of fused-ring (bicyclic) bond motifs is 1. The van der Waals surface area contributed by atoms with Crippen molar-refractivity contribution in [2.75, 3.05) is 25.6 Å². The summed E-state index contributed by atoms with van der Waals surface area (Å²) in [6.07, 6.45) is 10.6. The first-order valence-electron chi connectivity index (χ1n) is 11.6. The van der Waals surface area contributed by atoms with Gasteiger partial charge in [-0.05, 0) is 45.1 Å². The van der Waals surface area contributed by atoms with E-state index < -0.39 is 0 Å². The number of hydrogen-bond donors (Lipinski definition) is 2. The van der Waals surface area contributed by atoms with E-state index >= 15 is 0 Å². The van der Waals surface area contributed by atoms with Gasteiger partial charge in [-0.3, -0.25) is 4.68 Å². The fourth-order valence-electron chi connectivity index (χ4n) is 4.73. The molecule has 3 aromatic rings. The third-order valence-corrected chi connectivity index (χ3v) is 6.58.